The molecule has 0 spiro atoms. The predicted octanol–water partition coefficient (Wildman–Crippen LogP) is 10.8. The Labute approximate surface area is 332 Å². The fourth-order valence-corrected chi connectivity index (χ4v) is 5.99. The van der Waals surface area contributed by atoms with Crippen molar-refractivity contribution < 1.29 is 47.5 Å². The van der Waals surface area contributed by atoms with Gasteiger partial charge in [-0.15, -0.1) is 0 Å². The summed E-state index contributed by atoms with van der Waals surface area (Å²) in [6.45, 7) is 2.61. The van der Waals surface area contributed by atoms with E-state index in [4.69, 9.17) is 24.8 Å². The van der Waals surface area contributed by atoms with Crippen LogP contribution >= 0.6 is 7.82 Å². The number of unbranched alkanes of at least 4 members (excludes halogenated alkanes) is 14. The van der Waals surface area contributed by atoms with Crippen LogP contribution in [0.2, 0.25) is 0 Å². The number of hydrogen-bond acceptors (Lipinski definition) is 9. The summed E-state index contributed by atoms with van der Waals surface area (Å²) in [5.41, 5.74) is 5.32. The van der Waals surface area contributed by atoms with E-state index in [2.05, 4.69) is 79.1 Å². The molecule has 3 unspecified atom stereocenters. The highest BCUT2D eigenvalue weighted by Gasteiger charge is 2.28. The summed E-state index contributed by atoms with van der Waals surface area (Å²) in [5.74, 6) is -2.42. The first kappa shape index (κ1) is 52.2. The summed E-state index contributed by atoms with van der Waals surface area (Å²) < 4.78 is 32.6. The lowest BCUT2D eigenvalue weighted by Gasteiger charge is -2.20. The Bertz CT molecular complexity index is 1170. The van der Waals surface area contributed by atoms with Crippen molar-refractivity contribution in [1.29, 1.82) is 0 Å². The lowest BCUT2D eigenvalue weighted by Crippen LogP contribution is -2.34. The third-order valence-electron chi connectivity index (χ3n) is 8.50. The standard InChI is InChI=1S/C43H74NO10P/c1-3-5-7-9-11-13-15-17-19-20-21-23-25-27-29-31-33-35-42(46)54-39(37-52-55(49,50)53-38-40(44)43(47)48)36-51-41(45)34-32-30-28-26-24-22-18-16-14-12-10-8-6-4-2/h5,7,10-13,16-19,39-40H,3-4,6,8-9,14-15,20-38,44H2,1-2H3,(H,47,48)(H,49,50)/b7-5-,12-10-,13-11-,18-16-,19-17-. The Morgan fingerprint density at radius 3 is 1.53 bits per heavy atom. The van der Waals surface area contributed by atoms with Gasteiger partial charge in [-0.05, 0) is 70.6 Å². The summed E-state index contributed by atoms with van der Waals surface area (Å²) in [7, 11) is -4.72. The average molecular weight is 796 g/mol. The van der Waals surface area contributed by atoms with Crippen molar-refractivity contribution in [3.05, 3.63) is 60.8 Å². The van der Waals surface area contributed by atoms with Gasteiger partial charge < -0.3 is 25.2 Å². The largest absolute Gasteiger partial charge is 0.480 e. The number of nitrogens with two attached hydrogens (primary N) is 1. The van der Waals surface area contributed by atoms with Crippen LogP contribution in [0.4, 0.5) is 0 Å². The maximum Gasteiger partial charge on any atom is 0.472 e. The molecule has 0 aromatic heterocycles. The zero-order valence-electron chi connectivity index (χ0n) is 34.0. The lowest BCUT2D eigenvalue weighted by atomic mass is 10.1. The fourth-order valence-electron chi connectivity index (χ4n) is 5.21. The maximum absolute atomic E-state index is 12.6. The summed E-state index contributed by atoms with van der Waals surface area (Å²) in [5, 5.41) is 8.88. The molecule has 0 heterocycles. The highest BCUT2D eigenvalue weighted by atomic mass is 31.2. The Morgan fingerprint density at radius 1 is 0.582 bits per heavy atom. The highest BCUT2D eigenvalue weighted by molar-refractivity contribution is 7.47. The van der Waals surface area contributed by atoms with Gasteiger partial charge in [-0.1, -0.05) is 139 Å². The van der Waals surface area contributed by atoms with Crippen molar-refractivity contribution in [2.24, 2.45) is 5.73 Å². The summed E-state index contributed by atoms with van der Waals surface area (Å²) in [6, 6.07) is -1.53. The monoisotopic (exact) mass is 796 g/mol. The second-order valence-electron chi connectivity index (χ2n) is 13.7. The second kappa shape index (κ2) is 38.1. The van der Waals surface area contributed by atoms with E-state index >= 15 is 0 Å². The molecule has 0 saturated heterocycles. The van der Waals surface area contributed by atoms with Crippen molar-refractivity contribution in [2.75, 3.05) is 19.8 Å². The minimum Gasteiger partial charge on any atom is -0.480 e. The van der Waals surface area contributed by atoms with Crippen LogP contribution < -0.4 is 5.73 Å². The molecule has 12 heteroatoms. The number of carbonyl (C=O) groups is 3. The van der Waals surface area contributed by atoms with E-state index in [0.717, 1.165) is 103 Å². The molecule has 0 fully saturated rings. The maximum atomic E-state index is 12.6. The summed E-state index contributed by atoms with van der Waals surface area (Å²) >= 11 is 0. The Morgan fingerprint density at radius 2 is 1.02 bits per heavy atom. The highest BCUT2D eigenvalue weighted by Crippen LogP contribution is 2.43. The Hall–Kier alpha value is -2.82. The van der Waals surface area contributed by atoms with Crippen molar-refractivity contribution in [2.45, 2.75) is 174 Å². The van der Waals surface area contributed by atoms with E-state index in [1.807, 2.05) is 0 Å². The molecule has 0 aliphatic carbocycles. The molecule has 3 atom stereocenters. The van der Waals surface area contributed by atoms with Gasteiger partial charge in [0.05, 0.1) is 13.2 Å². The molecule has 4 N–H and O–H groups in total. The van der Waals surface area contributed by atoms with Gasteiger partial charge in [0, 0.05) is 12.8 Å². The molecule has 0 aromatic rings. The molecular formula is C43H74NO10P. The van der Waals surface area contributed by atoms with Gasteiger partial charge >= 0.3 is 25.7 Å². The summed E-state index contributed by atoms with van der Waals surface area (Å²) in [6.07, 6.45) is 42.8. The van der Waals surface area contributed by atoms with E-state index in [0.29, 0.717) is 12.8 Å². The van der Waals surface area contributed by atoms with E-state index in [-0.39, 0.29) is 19.4 Å². The number of phosphoric acid groups is 1. The topological polar surface area (TPSA) is 172 Å². The lowest BCUT2D eigenvalue weighted by molar-refractivity contribution is -0.161. The molecule has 0 aliphatic heterocycles. The first-order valence-corrected chi connectivity index (χ1v) is 22.3. The van der Waals surface area contributed by atoms with Crippen LogP contribution in [-0.2, 0) is 37.5 Å². The number of ether oxygens (including phenoxy) is 2. The molecule has 11 nitrogen and oxygen atoms in total. The quantitative estimate of drug-likeness (QED) is 0.0235. The molecule has 0 aliphatic rings. The molecule has 0 aromatic carbocycles. The van der Waals surface area contributed by atoms with Crippen LogP contribution in [0.5, 0.6) is 0 Å². The van der Waals surface area contributed by atoms with Crippen LogP contribution in [0.25, 0.3) is 0 Å². The number of esters is 2. The third kappa shape index (κ3) is 37.9. The van der Waals surface area contributed by atoms with Crippen molar-refractivity contribution in [3.8, 4) is 0 Å². The van der Waals surface area contributed by atoms with Gasteiger partial charge in [-0.25, -0.2) is 4.57 Å². The van der Waals surface area contributed by atoms with E-state index in [9.17, 15) is 23.8 Å². The minimum absolute atomic E-state index is 0.144. The van der Waals surface area contributed by atoms with Crippen molar-refractivity contribution >= 4 is 25.7 Å². The van der Waals surface area contributed by atoms with Crippen LogP contribution in [0.15, 0.2) is 60.8 Å². The number of allylic oxidation sites excluding steroid dienone is 10. The first-order chi connectivity index (χ1) is 26.6. The average Bonchev–Trinajstić information content (AvgIpc) is 3.16. The van der Waals surface area contributed by atoms with Gasteiger partial charge in [0.1, 0.15) is 12.6 Å². The number of rotatable bonds is 38. The molecule has 55 heavy (non-hydrogen) atoms. The van der Waals surface area contributed by atoms with Gasteiger partial charge in [0.25, 0.3) is 0 Å². The van der Waals surface area contributed by atoms with Crippen molar-refractivity contribution in [1.82, 2.24) is 0 Å². The summed E-state index contributed by atoms with van der Waals surface area (Å²) in [4.78, 5) is 45.9. The number of hydrogen-bond donors (Lipinski definition) is 3. The predicted molar refractivity (Wildman–Crippen MR) is 221 cm³/mol. The van der Waals surface area contributed by atoms with Crippen LogP contribution in [0.3, 0.4) is 0 Å². The SMILES string of the molecule is CC/C=C\C/C=C\C/C=C\CCCCCCCCCC(=O)OC(COC(=O)CCCCCCC/C=C\C/C=C\CCCC)COP(=O)(O)OCC(N)C(=O)O. The van der Waals surface area contributed by atoms with E-state index < -0.39 is 51.1 Å². The van der Waals surface area contributed by atoms with E-state index in [1.54, 1.807) is 0 Å². The second-order valence-corrected chi connectivity index (χ2v) is 15.2. The smallest absolute Gasteiger partial charge is 0.472 e. The molecule has 0 bridgehead atoms. The zero-order valence-corrected chi connectivity index (χ0v) is 34.9. The van der Waals surface area contributed by atoms with Gasteiger partial charge in [-0.3, -0.25) is 23.4 Å². The van der Waals surface area contributed by atoms with Gasteiger partial charge in [-0.2, -0.15) is 0 Å². The van der Waals surface area contributed by atoms with E-state index in [1.165, 1.54) is 19.3 Å². The molecule has 0 rings (SSSR count). The molecule has 0 saturated carbocycles. The third-order valence-corrected chi connectivity index (χ3v) is 9.45. The fraction of sp³-hybridized carbons (Fsp3) is 0.698. The number of carboxylic acid groups (broad SMARTS) is 1. The van der Waals surface area contributed by atoms with Crippen LogP contribution in [0.1, 0.15) is 162 Å². The number of phosphoric ester groups is 1. The number of carboxylic acids is 1. The number of carbonyl (C=O) groups excluding carboxylic acids is 2. The Balaban J connectivity index is 4.43. The molecule has 316 valence electrons. The number of aliphatic carboxylic acids is 1. The van der Waals surface area contributed by atoms with Crippen molar-refractivity contribution in [3.63, 3.8) is 0 Å². The van der Waals surface area contributed by atoms with Crippen LogP contribution in [0, 0.1) is 0 Å². The van der Waals surface area contributed by atoms with Gasteiger partial charge in [0.2, 0.25) is 0 Å². The minimum atomic E-state index is -4.72. The van der Waals surface area contributed by atoms with Crippen LogP contribution in [-0.4, -0.2) is 59.9 Å². The molecular weight excluding hydrogens is 721 g/mol. The Kier molecular flexibility index (Phi) is 36.1. The first-order valence-electron chi connectivity index (χ1n) is 20.8. The molecule has 0 radical (unpaired) electrons. The van der Waals surface area contributed by atoms with Gasteiger partial charge in [0.15, 0.2) is 6.10 Å². The molecule has 0 amide bonds. The normalized spacial score (nSPS) is 14.4. The zero-order chi connectivity index (χ0) is 40.7.